The van der Waals surface area contributed by atoms with Gasteiger partial charge in [0.2, 0.25) is 11.7 Å². The number of rotatable bonds is 4. The van der Waals surface area contributed by atoms with E-state index in [2.05, 4.69) is 165 Å². The maximum atomic E-state index is 6.64. The standard InChI is InChI=1S/C49H32N6O/c1-4-16-31(17-5-1)45-50-46(32-18-6-2-7-19-32)52-49(51-45)55-40-26-14-11-23-36(40)43-35-22-10-13-25-39(35)53(47(43)55)34-28-29-41-38(30-34)44-37-24-12-15-27-42(37)56-48(44)54(41)33-20-8-3-9-21-33/h1-30,45H,(H,50,51,52). The molecule has 4 aromatic heterocycles. The molecule has 0 bridgehead atoms. The first-order chi connectivity index (χ1) is 27.8. The Morgan fingerprint density at radius 2 is 1.09 bits per heavy atom. The van der Waals surface area contributed by atoms with Gasteiger partial charge in [0.05, 0.1) is 21.9 Å². The second-order valence-electron chi connectivity index (χ2n) is 14.3. The van der Waals surface area contributed by atoms with Crippen molar-refractivity contribution in [2.75, 3.05) is 0 Å². The number of aromatic nitrogens is 3. The lowest BCUT2D eigenvalue weighted by Gasteiger charge is -2.24. The highest BCUT2D eigenvalue weighted by molar-refractivity contribution is 6.26. The number of aliphatic imine (C=N–C) groups is 2. The molecule has 1 aliphatic heterocycles. The van der Waals surface area contributed by atoms with Crippen molar-refractivity contribution in [1.82, 2.24) is 19.0 Å². The second-order valence-corrected chi connectivity index (χ2v) is 14.3. The molecule has 5 heterocycles. The summed E-state index contributed by atoms with van der Waals surface area (Å²) in [6.07, 6.45) is -0.343. The molecule has 1 aliphatic rings. The third-order valence-corrected chi connectivity index (χ3v) is 11.1. The fourth-order valence-electron chi connectivity index (χ4n) is 8.70. The third-order valence-electron chi connectivity index (χ3n) is 11.1. The van der Waals surface area contributed by atoms with E-state index in [0.29, 0.717) is 5.96 Å². The van der Waals surface area contributed by atoms with Crippen LogP contribution in [0, 0.1) is 0 Å². The van der Waals surface area contributed by atoms with E-state index in [1.807, 2.05) is 36.4 Å². The van der Waals surface area contributed by atoms with Crippen LogP contribution in [0.25, 0.3) is 77.2 Å². The van der Waals surface area contributed by atoms with Crippen LogP contribution in [0.3, 0.4) is 0 Å². The SMILES string of the molecule is c1ccc(C2=NC(n3c4ccccc4c4c5ccccc5n(-c5ccc6c(c5)c5c7ccccc7oc5n6-c5ccccc5)c43)=NC(c3ccccc3)N2)cc1. The maximum Gasteiger partial charge on any atom is 0.235 e. The minimum Gasteiger partial charge on any atom is -0.439 e. The molecule has 264 valence electrons. The predicted octanol–water partition coefficient (Wildman–Crippen LogP) is 11.5. The molecule has 7 aromatic carbocycles. The van der Waals surface area contributed by atoms with Crippen LogP contribution in [-0.4, -0.2) is 25.5 Å². The number of nitrogens with zero attached hydrogens (tertiary/aromatic N) is 5. The van der Waals surface area contributed by atoms with Crippen LogP contribution in [0.4, 0.5) is 0 Å². The molecule has 1 atom stereocenters. The first kappa shape index (κ1) is 30.8. The van der Waals surface area contributed by atoms with Crippen LogP contribution in [0.5, 0.6) is 0 Å². The highest BCUT2D eigenvalue weighted by Crippen LogP contribution is 2.43. The van der Waals surface area contributed by atoms with E-state index in [0.717, 1.165) is 88.8 Å². The summed E-state index contributed by atoms with van der Waals surface area (Å²) in [5.41, 5.74) is 10.1. The Labute approximate surface area is 320 Å². The van der Waals surface area contributed by atoms with Gasteiger partial charge in [-0.2, -0.15) is 4.99 Å². The molecule has 12 rings (SSSR count). The molecule has 0 aliphatic carbocycles. The van der Waals surface area contributed by atoms with Gasteiger partial charge < -0.3 is 9.73 Å². The Bertz CT molecular complexity index is 3380. The van der Waals surface area contributed by atoms with Gasteiger partial charge in [0.25, 0.3) is 0 Å². The summed E-state index contributed by atoms with van der Waals surface area (Å²) in [4.78, 5) is 10.7. The zero-order chi connectivity index (χ0) is 36.7. The molecule has 0 amide bonds. The van der Waals surface area contributed by atoms with Crippen molar-refractivity contribution in [2.45, 2.75) is 6.17 Å². The summed E-state index contributed by atoms with van der Waals surface area (Å²) < 4.78 is 13.5. The molecular formula is C49H32N6O. The van der Waals surface area contributed by atoms with Gasteiger partial charge in [-0.05, 0) is 54.1 Å². The average Bonchev–Trinajstić information content (AvgIpc) is 4.00. The van der Waals surface area contributed by atoms with Gasteiger partial charge in [-0.1, -0.05) is 133 Å². The minimum absolute atomic E-state index is 0.343. The van der Waals surface area contributed by atoms with Gasteiger partial charge in [0.1, 0.15) is 23.2 Å². The van der Waals surface area contributed by atoms with Gasteiger partial charge in [-0.15, -0.1) is 0 Å². The topological polar surface area (TPSA) is 64.7 Å². The number of fused-ring (bicyclic) bond motifs is 10. The van der Waals surface area contributed by atoms with E-state index in [9.17, 15) is 0 Å². The Hall–Kier alpha value is -7.64. The molecule has 0 radical (unpaired) electrons. The molecule has 7 nitrogen and oxygen atoms in total. The minimum atomic E-state index is -0.343. The zero-order valence-corrected chi connectivity index (χ0v) is 30.0. The van der Waals surface area contributed by atoms with Crippen molar-refractivity contribution in [2.24, 2.45) is 9.98 Å². The van der Waals surface area contributed by atoms with Crippen LogP contribution >= 0.6 is 0 Å². The zero-order valence-electron chi connectivity index (χ0n) is 30.0. The molecule has 0 spiro atoms. The molecule has 11 aromatic rings. The number of furan rings is 1. The Kier molecular flexibility index (Phi) is 6.56. The monoisotopic (exact) mass is 720 g/mol. The number of hydrogen-bond donors (Lipinski definition) is 1. The molecule has 56 heavy (non-hydrogen) atoms. The lowest BCUT2D eigenvalue weighted by atomic mass is 10.1. The van der Waals surface area contributed by atoms with E-state index in [1.165, 1.54) is 5.39 Å². The highest BCUT2D eigenvalue weighted by atomic mass is 16.3. The van der Waals surface area contributed by atoms with E-state index < -0.39 is 0 Å². The van der Waals surface area contributed by atoms with Gasteiger partial charge >= 0.3 is 0 Å². The van der Waals surface area contributed by atoms with Crippen LogP contribution in [0.1, 0.15) is 17.3 Å². The number of benzene rings is 7. The molecule has 0 saturated heterocycles. The summed E-state index contributed by atoms with van der Waals surface area (Å²) >= 11 is 0. The molecule has 0 saturated carbocycles. The van der Waals surface area contributed by atoms with Crippen LogP contribution in [0.2, 0.25) is 0 Å². The second kappa shape index (κ2) is 11.9. The number of para-hydroxylation sites is 4. The fraction of sp³-hybridized carbons (Fsp3) is 0.0204. The number of amidine groups is 1. The Balaban J connectivity index is 1.19. The van der Waals surface area contributed by atoms with Crippen LogP contribution in [0.15, 0.2) is 196 Å². The smallest absolute Gasteiger partial charge is 0.235 e. The van der Waals surface area contributed by atoms with Crippen LogP contribution < -0.4 is 5.32 Å². The van der Waals surface area contributed by atoms with E-state index in [-0.39, 0.29) is 6.17 Å². The Morgan fingerprint density at radius 3 is 1.84 bits per heavy atom. The summed E-state index contributed by atoms with van der Waals surface area (Å²) in [7, 11) is 0. The van der Waals surface area contributed by atoms with Crippen molar-refractivity contribution in [3.63, 3.8) is 0 Å². The highest BCUT2D eigenvalue weighted by Gasteiger charge is 2.28. The fourth-order valence-corrected chi connectivity index (χ4v) is 8.70. The van der Waals surface area contributed by atoms with Gasteiger partial charge in [-0.3, -0.25) is 13.7 Å². The summed E-state index contributed by atoms with van der Waals surface area (Å²) in [6.45, 7) is 0. The van der Waals surface area contributed by atoms with Crippen molar-refractivity contribution in [3.8, 4) is 11.4 Å². The van der Waals surface area contributed by atoms with Crippen LogP contribution in [-0.2, 0) is 0 Å². The summed E-state index contributed by atoms with van der Waals surface area (Å²) in [6, 6.07) is 63.6. The first-order valence-electron chi connectivity index (χ1n) is 18.9. The van der Waals surface area contributed by atoms with Gasteiger partial charge in [0, 0.05) is 43.9 Å². The van der Waals surface area contributed by atoms with Crippen molar-refractivity contribution in [3.05, 3.63) is 193 Å². The molecular weight excluding hydrogens is 689 g/mol. The number of nitrogens with one attached hydrogen (secondary N) is 1. The van der Waals surface area contributed by atoms with E-state index in [4.69, 9.17) is 14.4 Å². The molecule has 0 fully saturated rings. The maximum absolute atomic E-state index is 6.64. The van der Waals surface area contributed by atoms with E-state index >= 15 is 0 Å². The van der Waals surface area contributed by atoms with Crippen molar-refractivity contribution >= 4 is 77.6 Å². The molecule has 1 N–H and O–H groups in total. The number of hydrogen-bond acceptors (Lipinski definition) is 4. The molecule has 7 heteroatoms. The largest absolute Gasteiger partial charge is 0.439 e. The van der Waals surface area contributed by atoms with Gasteiger partial charge in [-0.25, -0.2) is 4.99 Å². The quantitative estimate of drug-likeness (QED) is 0.197. The van der Waals surface area contributed by atoms with Crippen molar-refractivity contribution in [1.29, 1.82) is 0 Å². The summed E-state index contributed by atoms with van der Waals surface area (Å²) in [5.74, 6) is 1.39. The third kappa shape index (κ3) is 4.45. The molecule has 1 unspecified atom stereocenters. The summed E-state index contributed by atoms with van der Waals surface area (Å²) in [5, 5.41) is 10.4. The predicted molar refractivity (Wildman–Crippen MR) is 229 cm³/mol. The lowest BCUT2D eigenvalue weighted by molar-refractivity contribution is 0.645. The first-order valence-corrected chi connectivity index (χ1v) is 18.9. The van der Waals surface area contributed by atoms with E-state index in [1.54, 1.807) is 0 Å². The average molecular weight is 721 g/mol. The van der Waals surface area contributed by atoms with Crippen molar-refractivity contribution < 1.29 is 4.42 Å². The normalized spacial score (nSPS) is 14.6. The lowest BCUT2D eigenvalue weighted by Crippen LogP contribution is -2.35. The Morgan fingerprint density at radius 1 is 0.482 bits per heavy atom. The van der Waals surface area contributed by atoms with Gasteiger partial charge in [0.15, 0.2) is 0 Å².